The summed E-state index contributed by atoms with van der Waals surface area (Å²) in [5.41, 5.74) is 1.83. The number of aryl methyl sites for hydroxylation is 1. The van der Waals surface area contributed by atoms with E-state index in [1.807, 2.05) is 25.3 Å². The van der Waals surface area contributed by atoms with E-state index >= 15 is 0 Å². The Hall–Kier alpha value is -2.71. The molecule has 1 aromatic heterocycles. The molecule has 0 saturated carbocycles. The molecule has 0 aliphatic heterocycles. The molecular formula is C20H18FN3O2S2. The molecule has 0 fully saturated rings. The molecule has 2 N–H and O–H groups in total. The summed E-state index contributed by atoms with van der Waals surface area (Å²) in [6.07, 6.45) is 0. The molecule has 1 heterocycles. The first kappa shape index (κ1) is 20.0. The Balaban J connectivity index is 1.61. The number of nitrogens with zero attached hydrogens (tertiary/aromatic N) is 1. The van der Waals surface area contributed by atoms with Crippen LogP contribution in [0.3, 0.4) is 0 Å². The molecule has 0 saturated heterocycles. The van der Waals surface area contributed by atoms with Crippen LogP contribution in [0.15, 0.2) is 58.8 Å². The Morgan fingerprint density at radius 2 is 1.89 bits per heavy atom. The highest BCUT2D eigenvalue weighted by molar-refractivity contribution is 8.00. The predicted octanol–water partition coefficient (Wildman–Crippen LogP) is 4.96. The lowest BCUT2D eigenvalue weighted by molar-refractivity contribution is -0.115. The van der Waals surface area contributed by atoms with Crippen LogP contribution in [0, 0.1) is 12.7 Å². The van der Waals surface area contributed by atoms with Crippen molar-refractivity contribution in [1.29, 1.82) is 0 Å². The second kappa shape index (κ2) is 8.99. The van der Waals surface area contributed by atoms with Crippen LogP contribution in [-0.2, 0) is 4.79 Å². The van der Waals surface area contributed by atoms with Gasteiger partial charge in [-0.1, -0.05) is 6.07 Å². The fourth-order valence-corrected chi connectivity index (χ4v) is 3.95. The van der Waals surface area contributed by atoms with Gasteiger partial charge in [0.2, 0.25) is 5.91 Å². The zero-order valence-electron chi connectivity index (χ0n) is 15.2. The number of nitrogens with one attached hydrogen (secondary N) is 2. The third kappa shape index (κ3) is 5.40. The quantitative estimate of drug-likeness (QED) is 0.558. The van der Waals surface area contributed by atoms with Gasteiger partial charge in [-0.25, -0.2) is 9.37 Å². The molecule has 3 aromatic rings. The van der Waals surface area contributed by atoms with Gasteiger partial charge in [-0.05, 0) is 56.3 Å². The molecule has 28 heavy (non-hydrogen) atoms. The fourth-order valence-electron chi connectivity index (χ4n) is 2.33. The maximum Gasteiger partial charge on any atom is 0.255 e. The summed E-state index contributed by atoms with van der Waals surface area (Å²) >= 11 is 2.77. The number of carbonyl (C=O) groups is 2. The summed E-state index contributed by atoms with van der Waals surface area (Å²) in [5, 5.41) is 7.70. The second-order valence-electron chi connectivity index (χ2n) is 6.03. The molecule has 1 unspecified atom stereocenters. The summed E-state index contributed by atoms with van der Waals surface area (Å²) in [6, 6.07) is 12.6. The first-order valence-electron chi connectivity index (χ1n) is 8.47. The van der Waals surface area contributed by atoms with Crippen molar-refractivity contribution in [3.8, 4) is 0 Å². The van der Waals surface area contributed by atoms with E-state index in [2.05, 4.69) is 15.6 Å². The van der Waals surface area contributed by atoms with E-state index in [4.69, 9.17) is 0 Å². The Kier molecular flexibility index (Phi) is 6.43. The number of hydrogen-bond donors (Lipinski definition) is 2. The minimum atomic E-state index is -0.393. The van der Waals surface area contributed by atoms with Crippen LogP contribution in [0.5, 0.6) is 0 Å². The van der Waals surface area contributed by atoms with Crippen molar-refractivity contribution in [2.24, 2.45) is 0 Å². The highest BCUT2D eigenvalue weighted by Crippen LogP contribution is 2.27. The molecule has 8 heteroatoms. The van der Waals surface area contributed by atoms with E-state index in [0.717, 1.165) is 10.6 Å². The van der Waals surface area contributed by atoms with Crippen LogP contribution in [0.2, 0.25) is 0 Å². The average molecular weight is 416 g/mol. The zero-order chi connectivity index (χ0) is 20.1. The molecule has 0 aliphatic carbocycles. The number of amides is 2. The smallest absolute Gasteiger partial charge is 0.255 e. The highest BCUT2D eigenvalue weighted by atomic mass is 32.2. The number of carbonyl (C=O) groups excluding carboxylic acids is 2. The number of thioether (sulfide) groups is 1. The molecule has 5 nitrogen and oxygen atoms in total. The van der Waals surface area contributed by atoms with E-state index < -0.39 is 5.82 Å². The minimum absolute atomic E-state index is 0.139. The van der Waals surface area contributed by atoms with Crippen molar-refractivity contribution < 1.29 is 14.0 Å². The summed E-state index contributed by atoms with van der Waals surface area (Å²) in [7, 11) is 0. The SMILES string of the molecule is Cc1csc(NC(=O)C(C)Sc2cccc(NC(=O)c3ccc(F)cc3)c2)n1. The largest absolute Gasteiger partial charge is 0.322 e. The summed E-state index contributed by atoms with van der Waals surface area (Å²) in [5.74, 6) is -0.859. The molecule has 0 aliphatic rings. The van der Waals surface area contributed by atoms with Crippen LogP contribution in [0.1, 0.15) is 23.0 Å². The Morgan fingerprint density at radius 1 is 1.14 bits per heavy atom. The van der Waals surface area contributed by atoms with E-state index in [-0.39, 0.29) is 17.1 Å². The standard InChI is InChI=1S/C20H18FN3O2S2/c1-12-11-27-20(22-12)24-18(25)13(2)28-17-5-3-4-16(10-17)23-19(26)14-6-8-15(21)9-7-14/h3-11,13H,1-2H3,(H,23,26)(H,22,24,25). The Morgan fingerprint density at radius 3 is 2.57 bits per heavy atom. The van der Waals surface area contributed by atoms with Gasteiger partial charge in [0.1, 0.15) is 5.82 Å². The van der Waals surface area contributed by atoms with Crippen LogP contribution >= 0.6 is 23.1 Å². The number of benzene rings is 2. The number of halogens is 1. The predicted molar refractivity (Wildman–Crippen MR) is 112 cm³/mol. The number of anilines is 2. The molecule has 0 spiro atoms. The van der Waals surface area contributed by atoms with Gasteiger partial charge in [0.15, 0.2) is 5.13 Å². The van der Waals surface area contributed by atoms with Gasteiger partial charge >= 0.3 is 0 Å². The topological polar surface area (TPSA) is 71.1 Å². The summed E-state index contributed by atoms with van der Waals surface area (Å²) in [4.78, 5) is 29.7. The molecule has 3 rings (SSSR count). The summed E-state index contributed by atoms with van der Waals surface area (Å²) < 4.78 is 13.0. The molecule has 2 amide bonds. The van der Waals surface area contributed by atoms with Gasteiger partial charge in [0.25, 0.3) is 5.91 Å². The highest BCUT2D eigenvalue weighted by Gasteiger charge is 2.16. The molecule has 1 atom stereocenters. The maximum atomic E-state index is 13.0. The van der Waals surface area contributed by atoms with Gasteiger partial charge in [-0.2, -0.15) is 0 Å². The molecule has 0 radical (unpaired) electrons. The van der Waals surface area contributed by atoms with E-state index in [1.54, 1.807) is 18.2 Å². The van der Waals surface area contributed by atoms with Gasteiger partial charge in [0.05, 0.1) is 10.9 Å². The number of rotatable bonds is 6. The van der Waals surface area contributed by atoms with Crippen molar-refractivity contribution in [2.45, 2.75) is 24.0 Å². The van der Waals surface area contributed by atoms with Gasteiger partial charge in [-0.15, -0.1) is 23.1 Å². The van der Waals surface area contributed by atoms with E-state index in [1.165, 1.54) is 47.4 Å². The third-order valence-electron chi connectivity index (χ3n) is 3.73. The van der Waals surface area contributed by atoms with Crippen molar-refractivity contribution in [3.63, 3.8) is 0 Å². The number of thiazole rings is 1. The number of hydrogen-bond acceptors (Lipinski definition) is 5. The Labute approximate surface area is 170 Å². The van der Waals surface area contributed by atoms with E-state index in [0.29, 0.717) is 16.4 Å². The maximum absolute atomic E-state index is 13.0. The van der Waals surface area contributed by atoms with Gasteiger partial charge in [-0.3, -0.25) is 9.59 Å². The lowest BCUT2D eigenvalue weighted by atomic mass is 10.2. The summed E-state index contributed by atoms with van der Waals surface area (Å²) in [6.45, 7) is 3.68. The van der Waals surface area contributed by atoms with Crippen LogP contribution in [-0.4, -0.2) is 22.0 Å². The van der Waals surface area contributed by atoms with Crippen molar-refractivity contribution in [2.75, 3.05) is 10.6 Å². The van der Waals surface area contributed by atoms with Crippen molar-refractivity contribution in [3.05, 3.63) is 71.0 Å². The third-order valence-corrected chi connectivity index (χ3v) is 5.70. The van der Waals surface area contributed by atoms with Crippen LogP contribution in [0.25, 0.3) is 0 Å². The van der Waals surface area contributed by atoms with Gasteiger partial charge in [0, 0.05) is 21.5 Å². The minimum Gasteiger partial charge on any atom is -0.322 e. The Bertz CT molecular complexity index is 989. The monoisotopic (exact) mass is 415 g/mol. The fraction of sp³-hybridized carbons (Fsp3) is 0.150. The first-order chi connectivity index (χ1) is 13.4. The first-order valence-corrected chi connectivity index (χ1v) is 10.2. The normalized spacial score (nSPS) is 11.7. The molecular weight excluding hydrogens is 397 g/mol. The van der Waals surface area contributed by atoms with Crippen molar-refractivity contribution >= 4 is 45.7 Å². The van der Waals surface area contributed by atoms with E-state index in [9.17, 15) is 14.0 Å². The average Bonchev–Trinajstić information content (AvgIpc) is 3.07. The molecule has 2 aromatic carbocycles. The van der Waals surface area contributed by atoms with Gasteiger partial charge < -0.3 is 10.6 Å². The second-order valence-corrected chi connectivity index (χ2v) is 8.30. The molecule has 144 valence electrons. The van der Waals surface area contributed by atoms with Crippen LogP contribution < -0.4 is 10.6 Å². The lowest BCUT2D eigenvalue weighted by Gasteiger charge is -2.12. The molecule has 0 bridgehead atoms. The van der Waals surface area contributed by atoms with Crippen LogP contribution in [0.4, 0.5) is 15.2 Å². The van der Waals surface area contributed by atoms with Crippen molar-refractivity contribution in [1.82, 2.24) is 4.98 Å². The zero-order valence-corrected chi connectivity index (χ0v) is 16.9. The lowest BCUT2D eigenvalue weighted by Crippen LogP contribution is -2.22. The number of aromatic nitrogens is 1.